The first-order valence-corrected chi connectivity index (χ1v) is 7.49. The third-order valence-corrected chi connectivity index (χ3v) is 4.84. The molecule has 21 heavy (non-hydrogen) atoms. The lowest BCUT2D eigenvalue weighted by Crippen LogP contribution is -2.10. The Labute approximate surface area is 124 Å². The van der Waals surface area contributed by atoms with Gasteiger partial charge in [0.05, 0.1) is 11.6 Å². The summed E-state index contributed by atoms with van der Waals surface area (Å²) in [5.74, 6) is 6.31. The van der Waals surface area contributed by atoms with Gasteiger partial charge in [-0.15, -0.1) is 11.3 Å². The number of hydrogen-bond acceptors (Lipinski definition) is 6. The van der Waals surface area contributed by atoms with Crippen LogP contribution in [0.5, 0.6) is 0 Å². The molecule has 0 aromatic carbocycles. The predicted octanol–water partition coefficient (Wildman–Crippen LogP) is 2.67. The number of aromatic nitrogens is 3. The molecule has 0 spiro atoms. The van der Waals surface area contributed by atoms with Crippen molar-refractivity contribution in [2.75, 3.05) is 5.43 Å². The van der Waals surface area contributed by atoms with Gasteiger partial charge in [0.1, 0.15) is 16.3 Å². The maximum absolute atomic E-state index is 13.0. The average molecular weight is 301 g/mol. The molecular weight excluding hydrogens is 289 g/mol. The van der Waals surface area contributed by atoms with E-state index < -0.39 is 0 Å². The van der Waals surface area contributed by atoms with Crippen LogP contribution in [0.3, 0.4) is 0 Å². The molecule has 0 aliphatic heterocycles. The van der Waals surface area contributed by atoms with Gasteiger partial charge in [-0.05, 0) is 37.0 Å². The third-order valence-electron chi connectivity index (χ3n) is 3.66. The first-order chi connectivity index (χ1) is 10.3. The van der Waals surface area contributed by atoms with Crippen LogP contribution >= 0.6 is 11.3 Å². The zero-order valence-electron chi connectivity index (χ0n) is 11.1. The Morgan fingerprint density at radius 1 is 1.24 bits per heavy atom. The molecule has 0 fully saturated rings. The third kappa shape index (κ3) is 1.97. The Morgan fingerprint density at radius 2 is 2.14 bits per heavy atom. The van der Waals surface area contributed by atoms with Gasteiger partial charge in [0, 0.05) is 4.88 Å². The summed E-state index contributed by atoms with van der Waals surface area (Å²) in [5, 5.41) is 1.01. The zero-order valence-corrected chi connectivity index (χ0v) is 11.9. The number of rotatable bonds is 2. The number of pyridine rings is 1. The highest BCUT2D eigenvalue weighted by Crippen LogP contribution is 2.39. The Kier molecular flexibility index (Phi) is 2.83. The fourth-order valence-electron chi connectivity index (χ4n) is 2.72. The highest BCUT2D eigenvalue weighted by Gasteiger charge is 2.22. The number of nitrogens with one attached hydrogen (secondary N) is 1. The number of thiophene rings is 1. The van der Waals surface area contributed by atoms with Crippen molar-refractivity contribution >= 4 is 27.4 Å². The van der Waals surface area contributed by atoms with E-state index >= 15 is 0 Å². The highest BCUT2D eigenvalue weighted by molar-refractivity contribution is 7.19. The molecule has 5 nitrogen and oxygen atoms in total. The number of fused-ring (bicyclic) bond motifs is 3. The fraction of sp³-hybridized carbons (Fsp3) is 0.214. The van der Waals surface area contributed by atoms with Gasteiger partial charge in [-0.3, -0.25) is 0 Å². The van der Waals surface area contributed by atoms with Crippen LogP contribution in [0.2, 0.25) is 0 Å². The number of anilines is 1. The van der Waals surface area contributed by atoms with E-state index in [1.807, 2.05) is 0 Å². The topological polar surface area (TPSA) is 76.7 Å². The summed E-state index contributed by atoms with van der Waals surface area (Å²) in [7, 11) is 0. The molecule has 106 valence electrons. The van der Waals surface area contributed by atoms with Gasteiger partial charge in [-0.25, -0.2) is 25.2 Å². The van der Waals surface area contributed by atoms with Crippen LogP contribution in [0, 0.1) is 5.82 Å². The Morgan fingerprint density at radius 3 is 2.90 bits per heavy atom. The molecule has 0 saturated heterocycles. The monoisotopic (exact) mass is 301 g/mol. The number of hydrogen-bond donors (Lipinski definition) is 2. The average Bonchev–Trinajstić information content (AvgIpc) is 3.07. The van der Waals surface area contributed by atoms with E-state index in [0.717, 1.165) is 29.3 Å². The summed E-state index contributed by atoms with van der Waals surface area (Å²) in [6.07, 6.45) is 4.46. The van der Waals surface area contributed by atoms with E-state index in [4.69, 9.17) is 5.84 Å². The van der Waals surface area contributed by atoms with Crippen molar-refractivity contribution in [3.8, 4) is 11.5 Å². The van der Waals surface area contributed by atoms with Crippen molar-refractivity contribution in [1.29, 1.82) is 0 Å². The fourth-order valence-corrected chi connectivity index (χ4v) is 3.98. The van der Waals surface area contributed by atoms with Crippen LogP contribution in [0.15, 0.2) is 18.3 Å². The zero-order chi connectivity index (χ0) is 14.4. The van der Waals surface area contributed by atoms with Crippen LogP contribution in [0.25, 0.3) is 21.7 Å². The Hall–Kier alpha value is -2.12. The van der Waals surface area contributed by atoms with Crippen molar-refractivity contribution in [2.45, 2.75) is 19.3 Å². The van der Waals surface area contributed by atoms with Crippen molar-refractivity contribution < 1.29 is 4.39 Å². The van der Waals surface area contributed by atoms with Crippen LogP contribution in [-0.2, 0) is 12.8 Å². The minimum atomic E-state index is -0.382. The molecule has 0 bridgehead atoms. The second-order valence-electron chi connectivity index (χ2n) is 4.94. The molecule has 0 atom stereocenters. The molecule has 1 aliphatic carbocycles. The van der Waals surface area contributed by atoms with Crippen LogP contribution in [-0.4, -0.2) is 15.0 Å². The molecule has 0 amide bonds. The Balaban J connectivity index is 1.94. The number of halogens is 1. The predicted molar refractivity (Wildman–Crippen MR) is 80.4 cm³/mol. The number of aryl methyl sites for hydroxylation is 2. The van der Waals surface area contributed by atoms with Crippen molar-refractivity contribution in [3.63, 3.8) is 0 Å². The normalized spacial score (nSPS) is 13.6. The van der Waals surface area contributed by atoms with E-state index in [1.54, 1.807) is 17.4 Å². The van der Waals surface area contributed by atoms with Crippen molar-refractivity contribution in [2.24, 2.45) is 5.84 Å². The summed E-state index contributed by atoms with van der Waals surface area (Å²) in [4.78, 5) is 15.3. The standard InChI is InChI=1S/C14H12FN5S/c15-7-4-5-9(17-6-7)12-18-13(20-16)11-8-2-1-3-10(8)21-14(11)19-12/h4-6H,1-3,16H2,(H,18,19,20). The first-order valence-electron chi connectivity index (χ1n) is 6.67. The van der Waals surface area contributed by atoms with Gasteiger partial charge in [-0.2, -0.15) is 0 Å². The van der Waals surface area contributed by atoms with E-state index in [0.29, 0.717) is 17.3 Å². The largest absolute Gasteiger partial charge is 0.308 e. The molecule has 0 saturated carbocycles. The summed E-state index contributed by atoms with van der Waals surface area (Å²) >= 11 is 1.68. The second kappa shape index (κ2) is 4.71. The molecule has 3 aromatic heterocycles. The molecular formula is C14H12FN5S. The molecule has 4 rings (SSSR count). The Bertz CT molecular complexity index is 827. The lowest BCUT2D eigenvalue weighted by Gasteiger charge is -2.06. The molecule has 3 aromatic rings. The van der Waals surface area contributed by atoms with E-state index in [-0.39, 0.29) is 5.82 Å². The minimum Gasteiger partial charge on any atom is -0.308 e. The maximum Gasteiger partial charge on any atom is 0.181 e. The first kappa shape index (κ1) is 12.6. The number of nitrogens with two attached hydrogens (primary N) is 1. The van der Waals surface area contributed by atoms with E-state index in [2.05, 4.69) is 20.4 Å². The van der Waals surface area contributed by atoms with E-state index in [1.165, 1.54) is 22.9 Å². The summed E-state index contributed by atoms with van der Waals surface area (Å²) in [6, 6.07) is 2.91. The lowest BCUT2D eigenvalue weighted by atomic mass is 10.2. The van der Waals surface area contributed by atoms with Crippen LogP contribution in [0.4, 0.5) is 10.2 Å². The smallest absolute Gasteiger partial charge is 0.181 e. The van der Waals surface area contributed by atoms with Crippen LogP contribution < -0.4 is 11.3 Å². The minimum absolute atomic E-state index is 0.382. The summed E-state index contributed by atoms with van der Waals surface area (Å²) in [5.41, 5.74) is 4.50. The molecule has 3 heterocycles. The number of nitrogens with zero attached hydrogens (tertiary/aromatic N) is 3. The molecule has 7 heteroatoms. The van der Waals surface area contributed by atoms with Gasteiger partial charge in [-0.1, -0.05) is 0 Å². The number of nitrogen functional groups attached to an aromatic ring is 1. The SMILES string of the molecule is NNc1nc(-c2ccc(F)cn2)nc2sc3c(c12)CCC3. The summed E-state index contributed by atoms with van der Waals surface area (Å²) in [6.45, 7) is 0. The second-order valence-corrected chi connectivity index (χ2v) is 6.02. The van der Waals surface area contributed by atoms with Crippen molar-refractivity contribution in [1.82, 2.24) is 15.0 Å². The summed E-state index contributed by atoms with van der Waals surface area (Å²) < 4.78 is 13.0. The highest BCUT2D eigenvalue weighted by atomic mass is 32.1. The van der Waals surface area contributed by atoms with Crippen LogP contribution in [0.1, 0.15) is 16.9 Å². The molecule has 1 aliphatic rings. The van der Waals surface area contributed by atoms with E-state index in [9.17, 15) is 4.39 Å². The molecule has 0 unspecified atom stereocenters. The quantitative estimate of drug-likeness (QED) is 0.562. The molecule has 0 radical (unpaired) electrons. The van der Waals surface area contributed by atoms with Gasteiger partial charge in [0.2, 0.25) is 0 Å². The lowest BCUT2D eigenvalue weighted by molar-refractivity contribution is 0.621. The maximum atomic E-state index is 13.0. The molecule has 3 N–H and O–H groups in total. The van der Waals surface area contributed by atoms with Crippen molar-refractivity contribution in [3.05, 3.63) is 34.6 Å². The van der Waals surface area contributed by atoms with Gasteiger partial charge in [0.15, 0.2) is 11.6 Å². The van der Waals surface area contributed by atoms with Gasteiger partial charge >= 0.3 is 0 Å². The number of hydrazine groups is 1. The van der Waals surface area contributed by atoms with Gasteiger partial charge in [0.25, 0.3) is 0 Å². The van der Waals surface area contributed by atoms with Gasteiger partial charge < -0.3 is 5.43 Å².